The summed E-state index contributed by atoms with van der Waals surface area (Å²) in [5, 5.41) is 2.67. The second kappa shape index (κ2) is 5.36. The summed E-state index contributed by atoms with van der Waals surface area (Å²) in [6.45, 7) is 0.255. The van der Waals surface area contributed by atoms with Gasteiger partial charge in [-0.2, -0.15) is 13.2 Å². The molecule has 3 nitrogen and oxygen atoms in total. The molecule has 22 heavy (non-hydrogen) atoms. The highest BCUT2D eigenvalue weighted by molar-refractivity contribution is 5.94. The molecule has 1 N–H and O–H groups in total. The van der Waals surface area contributed by atoms with Crippen LogP contribution in [0.3, 0.4) is 0 Å². The van der Waals surface area contributed by atoms with E-state index in [4.69, 9.17) is 0 Å². The van der Waals surface area contributed by atoms with Gasteiger partial charge in [0.15, 0.2) is 0 Å². The second-order valence-electron chi connectivity index (χ2n) is 5.03. The standard InChI is InChI=1S/C16H13F3N2O/c17-16(18,19)13-7-3-1-6-12(13)10-21-14-8-4-2-5-11(14)9-20-15(21)22/h1-8H,9-10H2,(H,20,22). The van der Waals surface area contributed by atoms with E-state index in [1.807, 2.05) is 12.1 Å². The quantitative estimate of drug-likeness (QED) is 0.895. The molecule has 0 saturated heterocycles. The van der Waals surface area contributed by atoms with Gasteiger partial charge in [-0.05, 0) is 23.3 Å². The van der Waals surface area contributed by atoms with Crippen molar-refractivity contribution in [3.63, 3.8) is 0 Å². The maximum atomic E-state index is 13.1. The van der Waals surface area contributed by atoms with Crippen LogP contribution in [0.5, 0.6) is 0 Å². The molecule has 0 radical (unpaired) electrons. The molecule has 2 aromatic rings. The lowest BCUT2D eigenvalue weighted by Crippen LogP contribution is -2.43. The van der Waals surface area contributed by atoms with E-state index in [0.717, 1.165) is 11.6 Å². The first-order chi connectivity index (χ1) is 10.5. The third-order valence-electron chi connectivity index (χ3n) is 3.61. The summed E-state index contributed by atoms with van der Waals surface area (Å²) in [4.78, 5) is 13.4. The lowest BCUT2D eigenvalue weighted by molar-refractivity contribution is -0.138. The van der Waals surface area contributed by atoms with Crippen molar-refractivity contribution in [1.82, 2.24) is 5.32 Å². The number of anilines is 1. The van der Waals surface area contributed by atoms with E-state index >= 15 is 0 Å². The van der Waals surface area contributed by atoms with Gasteiger partial charge < -0.3 is 5.32 Å². The summed E-state index contributed by atoms with van der Waals surface area (Å²) in [6, 6.07) is 12.1. The van der Waals surface area contributed by atoms with Crippen LogP contribution < -0.4 is 10.2 Å². The fourth-order valence-corrected chi connectivity index (χ4v) is 2.56. The van der Waals surface area contributed by atoms with Crippen LogP contribution in [0.2, 0.25) is 0 Å². The predicted molar refractivity (Wildman–Crippen MR) is 76.3 cm³/mol. The van der Waals surface area contributed by atoms with Crippen LogP contribution in [0.25, 0.3) is 0 Å². The smallest absolute Gasteiger partial charge is 0.334 e. The molecule has 0 fully saturated rings. The number of hydrogen-bond acceptors (Lipinski definition) is 1. The first-order valence-electron chi connectivity index (χ1n) is 6.75. The highest BCUT2D eigenvalue weighted by Crippen LogP contribution is 2.34. The summed E-state index contributed by atoms with van der Waals surface area (Å²) in [6.07, 6.45) is -4.44. The third kappa shape index (κ3) is 2.64. The Kier molecular flexibility index (Phi) is 3.52. The number of carbonyl (C=O) groups is 1. The van der Waals surface area contributed by atoms with Gasteiger partial charge in [0, 0.05) is 6.54 Å². The summed E-state index contributed by atoms with van der Waals surface area (Å²) in [7, 11) is 0. The van der Waals surface area contributed by atoms with E-state index in [1.165, 1.54) is 17.0 Å². The lowest BCUT2D eigenvalue weighted by Gasteiger charge is -2.30. The van der Waals surface area contributed by atoms with Crippen LogP contribution in [0.4, 0.5) is 23.7 Å². The van der Waals surface area contributed by atoms with Crippen molar-refractivity contribution in [2.45, 2.75) is 19.3 Å². The molecule has 114 valence electrons. The van der Waals surface area contributed by atoms with Crippen molar-refractivity contribution >= 4 is 11.7 Å². The maximum absolute atomic E-state index is 13.1. The highest BCUT2D eigenvalue weighted by atomic mass is 19.4. The van der Waals surface area contributed by atoms with Crippen molar-refractivity contribution in [2.24, 2.45) is 0 Å². The topological polar surface area (TPSA) is 32.3 Å². The number of para-hydroxylation sites is 1. The van der Waals surface area contributed by atoms with Gasteiger partial charge >= 0.3 is 12.2 Å². The van der Waals surface area contributed by atoms with E-state index < -0.39 is 17.8 Å². The largest absolute Gasteiger partial charge is 0.416 e. The van der Waals surface area contributed by atoms with Crippen LogP contribution in [-0.4, -0.2) is 6.03 Å². The van der Waals surface area contributed by atoms with Crippen LogP contribution in [0.1, 0.15) is 16.7 Å². The Morgan fingerprint density at radius 2 is 1.73 bits per heavy atom. The van der Waals surface area contributed by atoms with Crippen molar-refractivity contribution in [3.05, 3.63) is 65.2 Å². The normalized spacial score (nSPS) is 14.5. The fraction of sp³-hybridized carbons (Fsp3) is 0.188. The minimum atomic E-state index is -4.44. The van der Waals surface area contributed by atoms with E-state index in [0.29, 0.717) is 12.2 Å². The molecule has 1 aliphatic heterocycles. The van der Waals surface area contributed by atoms with Crippen molar-refractivity contribution in [1.29, 1.82) is 0 Å². The molecule has 2 aromatic carbocycles. The highest BCUT2D eigenvalue weighted by Gasteiger charge is 2.34. The lowest BCUT2D eigenvalue weighted by atomic mass is 10.0. The summed E-state index contributed by atoms with van der Waals surface area (Å²) < 4.78 is 39.2. The minimum Gasteiger partial charge on any atom is -0.334 e. The Balaban J connectivity index is 1.99. The maximum Gasteiger partial charge on any atom is 0.416 e. The number of hydrogen-bond donors (Lipinski definition) is 1. The number of urea groups is 1. The Morgan fingerprint density at radius 1 is 1.05 bits per heavy atom. The van der Waals surface area contributed by atoms with E-state index in [1.54, 1.807) is 18.2 Å². The Hall–Kier alpha value is -2.50. The van der Waals surface area contributed by atoms with E-state index in [9.17, 15) is 18.0 Å². The molecule has 3 rings (SSSR count). The summed E-state index contributed by atoms with van der Waals surface area (Å²) in [5.41, 5.74) is 0.877. The number of fused-ring (bicyclic) bond motifs is 1. The zero-order valence-electron chi connectivity index (χ0n) is 11.5. The van der Waals surface area contributed by atoms with Crippen molar-refractivity contribution < 1.29 is 18.0 Å². The van der Waals surface area contributed by atoms with Crippen molar-refractivity contribution in [3.8, 4) is 0 Å². The summed E-state index contributed by atoms with van der Waals surface area (Å²) in [5.74, 6) is 0. The number of amides is 2. The number of nitrogens with zero attached hydrogens (tertiary/aromatic N) is 1. The average Bonchev–Trinajstić information content (AvgIpc) is 2.50. The molecule has 0 saturated carbocycles. The number of benzene rings is 2. The van der Waals surface area contributed by atoms with Gasteiger partial charge in [0.2, 0.25) is 0 Å². The Morgan fingerprint density at radius 3 is 2.50 bits per heavy atom. The SMILES string of the molecule is O=C1NCc2ccccc2N1Cc1ccccc1C(F)(F)F. The number of carbonyl (C=O) groups excluding carboxylic acids is 1. The van der Waals surface area contributed by atoms with Crippen LogP contribution in [0.15, 0.2) is 48.5 Å². The van der Waals surface area contributed by atoms with E-state index in [2.05, 4.69) is 5.32 Å². The average molecular weight is 306 g/mol. The van der Waals surface area contributed by atoms with Crippen LogP contribution in [-0.2, 0) is 19.3 Å². The molecule has 0 aliphatic carbocycles. The molecule has 1 aliphatic rings. The number of rotatable bonds is 2. The molecule has 0 aromatic heterocycles. The first-order valence-corrected chi connectivity index (χ1v) is 6.75. The minimum absolute atomic E-state index is 0.0712. The van der Waals surface area contributed by atoms with Gasteiger partial charge in [0.05, 0.1) is 17.8 Å². The Bertz CT molecular complexity index is 713. The van der Waals surface area contributed by atoms with Crippen LogP contribution in [0, 0.1) is 0 Å². The second-order valence-corrected chi connectivity index (χ2v) is 5.03. The molecular formula is C16H13F3N2O. The van der Waals surface area contributed by atoms with Gasteiger partial charge in [-0.25, -0.2) is 4.79 Å². The molecular weight excluding hydrogens is 293 g/mol. The molecule has 0 atom stereocenters. The predicted octanol–water partition coefficient (Wildman–Crippen LogP) is 3.94. The monoisotopic (exact) mass is 306 g/mol. The molecule has 6 heteroatoms. The van der Waals surface area contributed by atoms with Gasteiger partial charge in [-0.15, -0.1) is 0 Å². The summed E-state index contributed by atoms with van der Waals surface area (Å²) >= 11 is 0. The van der Waals surface area contributed by atoms with Crippen LogP contribution >= 0.6 is 0 Å². The third-order valence-corrected chi connectivity index (χ3v) is 3.61. The zero-order chi connectivity index (χ0) is 15.7. The number of nitrogens with one attached hydrogen (secondary N) is 1. The molecule has 0 spiro atoms. The zero-order valence-corrected chi connectivity index (χ0v) is 11.5. The number of halogens is 3. The van der Waals surface area contributed by atoms with Crippen molar-refractivity contribution in [2.75, 3.05) is 4.90 Å². The van der Waals surface area contributed by atoms with Gasteiger partial charge in [-0.3, -0.25) is 4.90 Å². The van der Waals surface area contributed by atoms with Gasteiger partial charge in [-0.1, -0.05) is 36.4 Å². The fourth-order valence-electron chi connectivity index (χ4n) is 2.56. The van der Waals surface area contributed by atoms with Gasteiger partial charge in [0.25, 0.3) is 0 Å². The van der Waals surface area contributed by atoms with Gasteiger partial charge in [0.1, 0.15) is 0 Å². The molecule has 2 amide bonds. The first kappa shape index (κ1) is 14.4. The van der Waals surface area contributed by atoms with E-state index in [-0.39, 0.29) is 12.1 Å². The Labute approximate surface area is 125 Å². The molecule has 0 bridgehead atoms. The molecule has 0 unspecified atom stereocenters. The number of alkyl halides is 3. The molecule has 1 heterocycles.